The van der Waals surface area contributed by atoms with E-state index in [1.165, 1.54) is 18.4 Å². The number of hydrogen-bond donors (Lipinski definition) is 0. The molecule has 1 aromatic heterocycles. The quantitative estimate of drug-likeness (QED) is 0.472. The van der Waals surface area contributed by atoms with E-state index in [1.807, 2.05) is 0 Å². The van der Waals surface area contributed by atoms with Crippen LogP contribution in [-0.4, -0.2) is 23.6 Å². The number of esters is 1. The van der Waals surface area contributed by atoms with Gasteiger partial charge in [-0.3, -0.25) is 4.79 Å². The van der Waals surface area contributed by atoms with Crippen LogP contribution in [0.3, 0.4) is 0 Å². The Morgan fingerprint density at radius 3 is 2.58 bits per heavy atom. The molecule has 26 heavy (non-hydrogen) atoms. The first-order valence-electron chi connectivity index (χ1n) is 7.53. The molecule has 0 saturated carbocycles. The molecule has 1 heterocycles. The Morgan fingerprint density at radius 1 is 1.23 bits per heavy atom. The number of amides is 1. The van der Waals surface area contributed by atoms with Crippen molar-refractivity contribution in [1.82, 2.24) is 4.57 Å². The van der Waals surface area contributed by atoms with Gasteiger partial charge in [-0.25, -0.2) is 4.79 Å². The summed E-state index contributed by atoms with van der Waals surface area (Å²) in [5.41, 5.74) is 1.72. The summed E-state index contributed by atoms with van der Waals surface area (Å²) in [6.07, 6.45) is 5.47. The second kappa shape index (κ2) is 7.68. The lowest BCUT2D eigenvalue weighted by Crippen LogP contribution is -2.16. The number of terminal acetylenes is 1. The van der Waals surface area contributed by atoms with E-state index < -0.39 is 5.97 Å². The smallest absolute Gasteiger partial charge is 0.337 e. The van der Waals surface area contributed by atoms with E-state index in [2.05, 4.69) is 26.8 Å². The summed E-state index contributed by atoms with van der Waals surface area (Å²) >= 11 is 4.63. The van der Waals surface area contributed by atoms with Gasteiger partial charge in [0.1, 0.15) is 0 Å². The molecular formula is C19H13BrN2O3S. The van der Waals surface area contributed by atoms with Crippen molar-refractivity contribution < 1.29 is 14.3 Å². The zero-order valence-corrected chi connectivity index (χ0v) is 16.1. The van der Waals surface area contributed by atoms with Crippen molar-refractivity contribution in [3.63, 3.8) is 0 Å². The molecule has 0 unspecified atom stereocenters. The van der Waals surface area contributed by atoms with Gasteiger partial charge in [-0.15, -0.1) is 6.42 Å². The van der Waals surface area contributed by atoms with Crippen molar-refractivity contribution in [2.24, 2.45) is 4.99 Å². The van der Waals surface area contributed by atoms with Crippen LogP contribution in [0.15, 0.2) is 51.9 Å². The van der Waals surface area contributed by atoms with Gasteiger partial charge in [0.25, 0.3) is 5.91 Å². The van der Waals surface area contributed by atoms with Crippen molar-refractivity contribution in [2.75, 3.05) is 7.11 Å². The van der Waals surface area contributed by atoms with Crippen molar-refractivity contribution >= 4 is 49.4 Å². The molecule has 3 aromatic rings. The molecule has 0 fully saturated rings. The van der Waals surface area contributed by atoms with Gasteiger partial charge >= 0.3 is 5.97 Å². The minimum atomic E-state index is -0.423. The van der Waals surface area contributed by atoms with Gasteiger partial charge in [-0.2, -0.15) is 4.99 Å². The number of rotatable bonds is 3. The Balaban J connectivity index is 2.13. The molecule has 7 heteroatoms. The Bertz CT molecular complexity index is 1100. The maximum atomic E-state index is 12.5. The number of hydrogen-bond acceptors (Lipinski definition) is 4. The lowest BCUT2D eigenvalue weighted by atomic mass is 10.2. The molecule has 0 aliphatic carbocycles. The Morgan fingerprint density at radius 2 is 1.92 bits per heavy atom. The monoisotopic (exact) mass is 428 g/mol. The van der Waals surface area contributed by atoms with Gasteiger partial charge in [-0.1, -0.05) is 33.2 Å². The Labute approximate surface area is 162 Å². The largest absolute Gasteiger partial charge is 0.465 e. The van der Waals surface area contributed by atoms with Gasteiger partial charge in [0.15, 0.2) is 4.80 Å². The second-order valence-electron chi connectivity index (χ2n) is 5.27. The molecule has 0 atom stereocenters. The minimum absolute atomic E-state index is 0.268. The van der Waals surface area contributed by atoms with E-state index >= 15 is 0 Å². The molecule has 5 nitrogen and oxygen atoms in total. The van der Waals surface area contributed by atoms with Crippen LogP contribution < -0.4 is 4.80 Å². The van der Waals surface area contributed by atoms with E-state index in [-0.39, 0.29) is 12.5 Å². The summed E-state index contributed by atoms with van der Waals surface area (Å²) in [4.78, 5) is 28.9. The molecule has 1 amide bonds. The number of benzene rings is 2. The molecule has 2 aromatic carbocycles. The van der Waals surface area contributed by atoms with Crippen LogP contribution in [0.5, 0.6) is 0 Å². The lowest BCUT2D eigenvalue weighted by Gasteiger charge is -2.01. The van der Waals surface area contributed by atoms with Crippen LogP contribution >= 0.6 is 27.3 Å². The molecule has 0 radical (unpaired) electrons. The van der Waals surface area contributed by atoms with E-state index in [0.29, 0.717) is 15.9 Å². The van der Waals surface area contributed by atoms with Crippen LogP contribution in [0, 0.1) is 12.3 Å². The lowest BCUT2D eigenvalue weighted by molar-refractivity contribution is 0.0601. The third-order valence-electron chi connectivity index (χ3n) is 3.64. The van der Waals surface area contributed by atoms with Crippen molar-refractivity contribution in [3.05, 3.63) is 62.9 Å². The Hall–Kier alpha value is -2.69. The van der Waals surface area contributed by atoms with Crippen LogP contribution in [-0.2, 0) is 11.3 Å². The third kappa shape index (κ3) is 3.62. The first-order chi connectivity index (χ1) is 12.5. The fourth-order valence-corrected chi connectivity index (χ4v) is 3.72. The summed E-state index contributed by atoms with van der Waals surface area (Å²) in [6.45, 7) is 0.268. The maximum absolute atomic E-state index is 12.5. The number of carbonyl (C=O) groups is 2. The predicted octanol–water partition coefficient (Wildman–Crippen LogP) is 3.63. The normalized spacial score (nSPS) is 11.3. The van der Waals surface area contributed by atoms with Crippen LogP contribution in [0.1, 0.15) is 20.7 Å². The van der Waals surface area contributed by atoms with Crippen LogP contribution in [0.25, 0.3) is 10.2 Å². The van der Waals surface area contributed by atoms with Crippen molar-refractivity contribution in [1.29, 1.82) is 0 Å². The minimum Gasteiger partial charge on any atom is -0.465 e. The van der Waals surface area contributed by atoms with E-state index in [9.17, 15) is 9.59 Å². The number of carbonyl (C=O) groups excluding carboxylic acids is 2. The van der Waals surface area contributed by atoms with Gasteiger partial charge in [0.2, 0.25) is 0 Å². The van der Waals surface area contributed by atoms with Gasteiger partial charge < -0.3 is 9.30 Å². The predicted molar refractivity (Wildman–Crippen MR) is 104 cm³/mol. The molecule has 0 bridgehead atoms. The fourth-order valence-electron chi connectivity index (χ4n) is 2.39. The van der Waals surface area contributed by atoms with Crippen LogP contribution in [0.2, 0.25) is 0 Å². The molecule has 0 aliphatic rings. The fraction of sp³-hybridized carbons (Fsp3) is 0.105. The van der Waals surface area contributed by atoms with E-state index in [4.69, 9.17) is 11.2 Å². The number of halogens is 1. The number of ether oxygens (including phenoxy) is 1. The third-order valence-corrected chi connectivity index (χ3v) is 5.21. The first-order valence-corrected chi connectivity index (χ1v) is 9.14. The number of nitrogens with zero attached hydrogens (tertiary/aromatic N) is 2. The molecular weight excluding hydrogens is 416 g/mol. The van der Waals surface area contributed by atoms with Crippen molar-refractivity contribution in [3.8, 4) is 12.3 Å². The van der Waals surface area contributed by atoms with Crippen molar-refractivity contribution in [2.45, 2.75) is 6.54 Å². The standard InChI is InChI=1S/C19H13BrN2O3S/c1-3-10-22-15-9-6-13(18(24)25-2)11-16(15)26-19(22)21-17(23)12-4-7-14(20)8-5-12/h1,4-9,11H,10H2,2H3. The number of fused-ring (bicyclic) bond motifs is 1. The van der Waals surface area contributed by atoms with Gasteiger partial charge in [0, 0.05) is 10.0 Å². The average Bonchev–Trinajstić information content (AvgIpc) is 2.98. The zero-order chi connectivity index (χ0) is 18.7. The highest BCUT2D eigenvalue weighted by Crippen LogP contribution is 2.20. The highest BCUT2D eigenvalue weighted by atomic mass is 79.9. The van der Waals surface area contributed by atoms with E-state index in [0.717, 1.165) is 14.7 Å². The SMILES string of the molecule is C#CCn1c(=NC(=O)c2ccc(Br)cc2)sc2cc(C(=O)OC)ccc21. The summed E-state index contributed by atoms with van der Waals surface area (Å²) in [5, 5.41) is 0. The topological polar surface area (TPSA) is 60.7 Å². The molecule has 0 spiro atoms. The van der Waals surface area contributed by atoms with E-state index in [1.54, 1.807) is 47.0 Å². The highest BCUT2D eigenvalue weighted by Gasteiger charge is 2.12. The molecule has 130 valence electrons. The maximum Gasteiger partial charge on any atom is 0.337 e. The summed E-state index contributed by atoms with van der Waals surface area (Å²) < 4.78 is 8.20. The number of methoxy groups -OCH3 is 1. The molecule has 0 aliphatic heterocycles. The summed E-state index contributed by atoms with van der Waals surface area (Å²) in [5.74, 6) is 1.79. The zero-order valence-electron chi connectivity index (χ0n) is 13.7. The summed E-state index contributed by atoms with van der Waals surface area (Å²) in [6, 6.07) is 12.1. The molecule has 0 saturated heterocycles. The van der Waals surface area contributed by atoms with Crippen LogP contribution in [0.4, 0.5) is 0 Å². The van der Waals surface area contributed by atoms with Gasteiger partial charge in [0.05, 0.1) is 29.4 Å². The number of aromatic nitrogens is 1. The number of thiazole rings is 1. The first kappa shape index (κ1) is 18.1. The average molecular weight is 429 g/mol. The van der Waals surface area contributed by atoms with Gasteiger partial charge in [-0.05, 0) is 42.5 Å². The molecule has 0 N–H and O–H groups in total. The highest BCUT2D eigenvalue weighted by molar-refractivity contribution is 9.10. The second-order valence-corrected chi connectivity index (χ2v) is 7.20. The Kier molecular flexibility index (Phi) is 5.35. The summed E-state index contributed by atoms with van der Waals surface area (Å²) in [7, 11) is 1.33. The molecule has 3 rings (SSSR count).